The molecule has 0 saturated carbocycles. The van der Waals surface area contributed by atoms with Gasteiger partial charge in [-0.25, -0.2) is 4.68 Å². The van der Waals surface area contributed by atoms with Gasteiger partial charge in [-0.1, -0.05) is 29.5 Å². The Bertz CT molecular complexity index is 848. The first-order valence-corrected chi connectivity index (χ1v) is 8.36. The quantitative estimate of drug-likeness (QED) is 0.791. The van der Waals surface area contributed by atoms with Crippen molar-refractivity contribution in [1.29, 1.82) is 0 Å². The normalized spacial score (nSPS) is 14.6. The van der Waals surface area contributed by atoms with Crippen LogP contribution in [-0.2, 0) is 19.7 Å². The van der Waals surface area contributed by atoms with Crippen molar-refractivity contribution < 1.29 is 9.84 Å². The van der Waals surface area contributed by atoms with Crippen molar-refractivity contribution in [3.05, 3.63) is 71.5 Å². The zero-order valence-electron chi connectivity index (χ0n) is 13.9. The number of aliphatic hydroxyl groups excluding tert-OH is 1. The standard InChI is InChI=1S/C19H20N4O2/c24-14-15-6-7-19-16(10-15)11-22(8-9-25-19)12-17-13-23(21-20-17)18-4-2-1-3-5-18/h1-7,10,13,24H,8-9,11-12,14H2. The summed E-state index contributed by atoms with van der Waals surface area (Å²) in [7, 11) is 0. The van der Waals surface area contributed by atoms with E-state index < -0.39 is 0 Å². The molecule has 1 aliphatic heterocycles. The van der Waals surface area contributed by atoms with Crippen molar-refractivity contribution in [2.45, 2.75) is 19.7 Å². The summed E-state index contributed by atoms with van der Waals surface area (Å²) in [4.78, 5) is 2.28. The Hall–Kier alpha value is -2.70. The van der Waals surface area contributed by atoms with Crippen molar-refractivity contribution in [2.24, 2.45) is 0 Å². The number of hydrogen-bond donors (Lipinski definition) is 1. The molecule has 0 bridgehead atoms. The van der Waals surface area contributed by atoms with Crippen LogP contribution in [-0.4, -0.2) is 38.2 Å². The summed E-state index contributed by atoms with van der Waals surface area (Å²) in [5, 5.41) is 17.9. The van der Waals surface area contributed by atoms with E-state index in [4.69, 9.17) is 4.74 Å². The lowest BCUT2D eigenvalue weighted by Gasteiger charge is -2.17. The molecule has 0 aliphatic carbocycles. The fourth-order valence-electron chi connectivity index (χ4n) is 3.04. The van der Waals surface area contributed by atoms with Gasteiger partial charge in [-0.05, 0) is 29.8 Å². The van der Waals surface area contributed by atoms with Gasteiger partial charge in [-0.2, -0.15) is 0 Å². The zero-order chi connectivity index (χ0) is 17.1. The Labute approximate surface area is 146 Å². The van der Waals surface area contributed by atoms with E-state index in [0.717, 1.165) is 41.3 Å². The van der Waals surface area contributed by atoms with Gasteiger partial charge >= 0.3 is 0 Å². The Morgan fingerprint density at radius 1 is 1.12 bits per heavy atom. The Morgan fingerprint density at radius 3 is 2.84 bits per heavy atom. The van der Waals surface area contributed by atoms with Gasteiger partial charge in [0.05, 0.1) is 24.2 Å². The van der Waals surface area contributed by atoms with Crippen LogP contribution in [0.2, 0.25) is 0 Å². The number of hydrogen-bond acceptors (Lipinski definition) is 5. The Morgan fingerprint density at radius 2 is 2.00 bits per heavy atom. The van der Waals surface area contributed by atoms with Crippen LogP contribution in [0.5, 0.6) is 5.75 Å². The van der Waals surface area contributed by atoms with E-state index in [2.05, 4.69) is 15.2 Å². The first-order chi connectivity index (χ1) is 12.3. The van der Waals surface area contributed by atoms with Crippen LogP contribution >= 0.6 is 0 Å². The van der Waals surface area contributed by atoms with Crippen molar-refractivity contribution >= 4 is 0 Å². The van der Waals surface area contributed by atoms with E-state index in [-0.39, 0.29) is 6.61 Å². The van der Waals surface area contributed by atoms with Crippen molar-refractivity contribution in [2.75, 3.05) is 13.2 Å². The third-order valence-corrected chi connectivity index (χ3v) is 4.31. The zero-order valence-corrected chi connectivity index (χ0v) is 13.9. The van der Waals surface area contributed by atoms with E-state index in [0.29, 0.717) is 13.2 Å². The van der Waals surface area contributed by atoms with Crippen molar-refractivity contribution in [3.8, 4) is 11.4 Å². The highest BCUT2D eigenvalue weighted by molar-refractivity contribution is 5.37. The average Bonchev–Trinajstić information content (AvgIpc) is 3.02. The number of nitrogens with zero attached hydrogens (tertiary/aromatic N) is 4. The number of benzene rings is 2. The molecule has 3 aromatic rings. The molecule has 1 N–H and O–H groups in total. The van der Waals surface area contributed by atoms with Gasteiger partial charge in [0.2, 0.25) is 0 Å². The topological polar surface area (TPSA) is 63.4 Å². The number of fused-ring (bicyclic) bond motifs is 1. The Kier molecular flexibility index (Phi) is 4.45. The van der Waals surface area contributed by atoms with Gasteiger partial charge < -0.3 is 9.84 Å². The summed E-state index contributed by atoms with van der Waals surface area (Å²) in [5.74, 6) is 0.896. The minimum Gasteiger partial charge on any atom is -0.492 e. The van der Waals surface area contributed by atoms with Gasteiger partial charge in [-0.15, -0.1) is 5.10 Å². The predicted octanol–water partition coefficient (Wildman–Crippen LogP) is 2.15. The summed E-state index contributed by atoms with van der Waals surface area (Å²) in [5.41, 5.74) is 3.92. The minimum absolute atomic E-state index is 0.0404. The third kappa shape index (κ3) is 3.55. The maximum atomic E-state index is 9.35. The fourth-order valence-corrected chi connectivity index (χ4v) is 3.04. The molecular weight excluding hydrogens is 316 g/mol. The Balaban J connectivity index is 1.50. The average molecular weight is 336 g/mol. The molecule has 6 heteroatoms. The fraction of sp³-hybridized carbons (Fsp3) is 0.263. The summed E-state index contributed by atoms with van der Waals surface area (Å²) >= 11 is 0. The second-order valence-electron chi connectivity index (χ2n) is 6.15. The smallest absolute Gasteiger partial charge is 0.123 e. The highest BCUT2D eigenvalue weighted by atomic mass is 16.5. The monoisotopic (exact) mass is 336 g/mol. The first-order valence-electron chi connectivity index (χ1n) is 8.36. The molecule has 2 aromatic carbocycles. The van der Waals surface area contributed by atoms with Gasteiger partial charge in [0, 0.05) is 25.2 Å². The number of para-hydroxylation sites is 1. The molecule has 2 heterocycles. The van der Waals surface area contributed by atoms with E-state index >= 15 is 0 Å². The van der Waals surface area contributed by atoms with Crippen LogP contribution < -0.4 is 4.74 Å². The molecule has 0 saturated heterocycles. The summed E-state index contributed by atoms with van der Waals surface area (Å²) in [6, 6.07) is 15.8. The summed E-state index contributed by atoms with van der Waals surface area (Å²) in [6.07, 6.45) is 1.96. The maximum absolute atomic E-state index is 9.35. The third-order valence-electron chi connectivity index (χ3n) is 4.31. The number of rotatable bonds is 4. The highest BCUT2D eigenvalue weighted by Gasteiger charge is 2.17. The lowest BCUT2D eigenvalue weighted by atomic mass is 10.1. The molecule has 0 spiro atoms. The van der Waals surface area contributed by atoms with Gasteiger partial charge in [0.15, 0.2) is 0 Å². The lowest BCUT2D eigenvalue weighted by Crippen LogP contribution is -2.25. The first kappa shape index (κ1) is 15.8. The molecule has 4 rings (SSSR count). The van der Waals surface area contributed by atoms with Crippen LogP contribution in [0.4, 0.5) is 0 Å². The molecule has 0 amide bonds. The number of aromatic nitrogens is 3. The maximum Gasteiger partial charge on any atom is 0.123 e. The van der Waals surface area contributed by atoms with Crippen LogP contribution in [0, 0.1) is 0 Å². The summed E-state index contributed by atoms with van der Waals surface area (Å²) < 4.78 is 7.62. The van der Waals surface area contributed by atoms with E-state index in [1.165, 1.54) is 0 Å². The second kappa shape index (κ2) is 7.04. The van der Waals surface area contributed by atoms with E-state index in [1.807, 2.05) is 54.7 Å². The van der Waals surface area contributed by atoms with E-state index in [9.17, 15) is 5.11 Å². The molecule has 1 aromatic heterocycles. The van der Waals surface area contributed by atoms with Crippen molar-refractivity contribution in [3.63, 3.8) is 0 Å². The van der Waals surface area contributed by atoms with Crippen LogP contribution in [0.15, 0.2) is 54.7 Å². The van der Waals surface area contributed by atoms with Crippen LogP contribution in [0.3, 0.4) is 0 Å². The molecule has 0 unspecified atom stereocenters. The van der Waals surface area contributed by atoms with Crippen LogP contribution in [0.1, 0.15) is 16.8 Å². The SMILES string of the molecule is OCc1ccc2c(c1)CN(Cc1cn(-c3ccccc3)nn1)CCO2. The molecule has 0 fully saturated rings. The largest absolute Gasteiger partial charge is 0.492 e. The lowest BCUT2D eigenvalue weighted by molar-refractivity contribution is 0.217. The highest BCUT2D eigenvalue weighted by Crippen LogP contribution is 2.25. The second-order valence-corrected chi connectivity index (χ2v) is 6.15. The molecule has 0 radical (unpaired) electrons. The van der Waals surface area contributed by atoms with E-state index in [1.54, 1.807) is 4.68 Å². The molecule has 6 nitrogen and oxygen atoms in total. The predicted molar refractivity (Wildman–Crippen MR) is 93.3 cm³/mol. The van der Waals surface area contributed by atoms with Gasteiger partial charge in [0.1, 0.15) is 12.4 Å². The molecule has 0 atom stereocenters. The minimum atomic E-state index is 0.0404. The number of ether oxygens (including phenoxy) is 1. The molecule has 25 heavy (non-hydrogen) atoms. The number of aliphatic hydroxyl groups is 1. The van der Waals surface area contributed by atoms with Crippen LogP contribution in [0.25, 0.3) is 5.69 Å². The summed E-state index contributed by atoms with van der Waals surface area (Å²) in [6.45, 7) is 2.97. The van der Waals surface area contributed by atoms with Gasteiger partial charge in [0.25, 0.3) is 0 Å². The molecule has 128 valence electrons. The van der Waals surface area contributed by atoms with Crippen molar-refractivity contribution in [1.82, 2.24) is 19.9 Å². The molecule has 1 aliphatic rings. The molecular formula is C19H20N4O2. The van der Waals surface area contributed by atoms with Gasteiger partial charge in [-0.3, -0.25) is 4.90 Å².